The molecule has 1 atom stereocenters. The number of benzene rings is 2. The summed E-state index contributed by atoms with van der Waals surface area (Å²) >= 11 is 0. The van der Waals surface area contributed by atoms with Crippen molar-refractivity contribution < 1.29 is 9.53 Å². The maximum absolute atomic E-state index is 12.4. The summed E-state index contributed by atoms with van der Waals surface area (Å²) in [5, 5.41) is 3.04. The van der Waals surface area contributed by atoms with Crippen LogP contribution in [0.25, 0.3) is 0 Å². The largest absolute Gasteiger partial charge is 0.493 e. The Labute approximate surface area is 187 Å². The molecule has 1 saturated heterocycles. The first-order chi connectivity index (χ1) is 15.2. The SMILES string of the molecule is CC(c1ccc(CCNC(=O)c2ccc(OCC3CC3)cc2)cc1)N1CCCCCC1. The zero-order chi connectivity index (χ0) is 21.5. The van der Waals surface area contributed by atoms with Gasteiger partial charge in [-0.25, -0.2) is 0 Å². The van der Waals surface area contributed by atoms with Crippen LogP contribution in [0.4, 0.5) is 0 Å². The molecule has 1 aliphatic heterocycles. The van der Waals surface area contributed by atoms with Crippen LogP contribution in [0.5, 0.6) is 5.75 Å². The Kier molecular flexibility index (Phi) is 7.63. The van der Waals surface area contributed by atoms with Crippen molar-refractivity contribution >= 4 is 5.91 Å². The summed E-state index contributed by atoms with van der Waals surface area (Å²) in [4.78, 5) is 15.0. The minimum Gasteiger partial charge on any atom is -0.493 e. The van der Waals surface area contributed by atoms with Gasteiger partial charge in [0.1, 0.15) is 5.75 Å². The van der Waals surface area contributed by atoms with E-state index in [2.05, 4.69) is 41.4 Å². The number of nitrogens with zero attached hydrogens (tertiary/aromatic N) is 1. The van der Waals surface area contributed by atoms with E-state index in [4.69, 9.17) is 4.74 Å². The highest BCUT2D eigenvalue weighted by atomic mass is 16.5. The number of likely N-dealkylation sites (tertiary alicyclic amines) is 1. The Hall–Kier alpha value is -2.33. The van der Waals surface area contributed by atoms with Crippen molar-refractivity contribution in [1.29, 1.82) is 0 Å². The second-order valence-corrected chi connectivity index (χ2v) is 9.15. The summed E-state index contributed by atoms with van der Waals surface area (Å²) in [6.45, 7) is 6.18. The molecule has 1 amide bonds. The zero-order valence-electron chi connectivity index (χ0n) is 18.8. The van der Waals surface area contributed by atoms with Crippen molar-refractivity contribution in [3.63, 3.8) is 0 Å². The number of nitrogens with one attached hydrogen (secondary N) is 1. The summed E-state index contributed by atoms with van der Waals surface area (Å²) in [6, 6.07) is 16.9. The lowest BCUT2D eigenvalue weighted by atomic mass is 10.0. The van der Waals surface area contributed by atoms with Gasteiger partial charge < -0.3 is 10.1 Å². The van der Waals surface area contributed by atoms with Gasteiger partial charge in [-0.2, -0.15) is 0 Å². The molecular weight excluding hydrogens is 384 g/mol. The Bertz CT molecular complexity index is 819. The second-order valence-electron chi connectivity index (χ2n) is 9.15. The van der Waals surface area contributed by atoms with Crippen molar-refractivity contribution in [2.45, 2.75) is 57.9 Å². The van der Waals surface area contributed by atoms with Gasteiger partial charge in [0.05, 0.1) is 6.61 Å². The van der Waals surface area contributed by atoms with E-state index >= 15 is 0 Å². The van der Waals surface area contributed by atoms with Crippen LogP contribution in [0.15, 0.2) is 48.5 Å². The van der Waals surface area contributed by atoms with Gasteiger partial charge in [0.15, 0.2) is 0 Å². The van der Waals surface area contributed by atoms with Gasteiger partial charge in [-0.15, -0.1) is 0 Å². The average molecular weight is 421 g/mol. The normalized spacial score (nSPS) is 18.2. The first-order valence-corrected chi connectivity index (χ1v) is 12.0. The van der Waals surface area contributed by atoms with Crippen molar-refractivity contribution in [2.24, 2.45) is 5.92 Å². The Morgan fingerprint density at radius 1 is 1.00 bits per heavy atom. The van der Waals surface area contributed by atoms with Gasteiger partial charge in [-0.05, 0) is 93.4 Å². The second kappa shape index (κ2) is 10.8. The van der Waals surface area contributed by atoms with Crippen LogP contribution >= 0.6 is 0 Å². The molecule has 2 fully saturated rings. The molecule has 1 N–H and O–H groups in total. The highest BCUT2D eigenvalue weighted by Gasteiger charge is 2.22. The van der Waals surface area contributed by atoms with Crippen LogP contribution in [0, 0.1) is 5.92 Å². The van der Waals surface area contributed by atoms with Gasteiger partial charge >= 0.3 is 0 Å². The summed E-state index contributed by atoms with van der Waals surface area (Å²) in [7, 11) is 0. The van der Waals surface area contributed by atoms with E-state index in [1.54, 1.807) is 0 Å². The maximum Gasteiger partial charge on any atom is 0.251 e. The van der Waals surface area contributed by atoms with Crippen LogP contribution in [-0.2, 0) is 6.42 Å². The molecule has 31 heavy (non-hydrogen) atoms. The summed E-state index contributed by atoms with van der Waals surface area (Å²) in [5.41, 5.74) is 3.33. The quantitative estimate of drug-likeness (QED) is 0.592. The first-order valence-electron chi connectivity index (χ1n) is 12.0. The fourth-order valence-corrected chi connectivity index (χ4v) is 4.28. The molecule has 0 spiro atoms. The van der Waals surface area contributed by atoms with Crippen molar-refractivity contribution in [2.75, 3.05) is 26.2 Å². The molecule has 2 aliphatic rings. The van der Waals surface area contributed by atoms with Crippen LogP contribution in [-0.4, -0.2) is 37.0 Å². The van der Waals surface area contributed by atoms with E-state index in [-0.39, 0.29) is 5.91 Å². The third-order valence-electron chi connectivity index (χ3n) is 6.65. The molecule has 2 aromatic rings. The highest BCUT2D eigenvalue weighted by Crippen LogP contribution is 2.29. The van der Waals surface area contributed by atoms with Crippen LogP contribution < -0.4 is 10.1 Å². The van der Waals surface area contributed by atoms with E-state index in [0.29, 0.717) is 18.2 Å². The van der Waals surface area contributed by atoms with Crippen molar-refractivity contribution in [3.8, 4) is 5.75 Å². The Balaban J connectivity index is 1.21. The zero-order valence-corrected chi connectivity index (χ0v) is 18.8. The number of carbonyl (C=O) groups is 1. The molecule has 1 aliphatic carbocycles. The predicted octanol–water partition coefficient (Wildman–Crippen LogP) is 5.38. The summed E-state index contributed by atoms with van der Waals surface area (Å²) < 4.78 is 5.74. The monoisotopic (exact) mass is 420 g/mol. The molecule has 166 valence electrons. The molecule has 1 saturated carbocycles. The van der Waals surface area contributed by atoms with Gasteiger partial charge in [-0.3, -0.25) is 9.69 Å². The predicted molar refractivity (Wildman–Crippen MR) is 126 cm³/mol. The third kappa shape index (κ3) is 6.57. The lowest BCUT2D eigenvalue weighted by molar-refractivity contribution is 0.0954. The number of rotatable bonds is 9. The van der Waals surface area contributed by atoms with Crippen molar-refractivity contribution in [1.82, 2.24) is 10.2 Å². The minimum atomic E-state index is -0.0276. The fourth-order valence-electron chi connectivity index (χ4n) is 4.28. The van der Waals surface area contributed by atoms with E-state index in [9.17, 15) is 4.79 Å². The van der Waals surface area contributed by atoms with E-state index < -0.39 is 0 Å². The van der Waals surface area contributed by atoms with Crippen molar-refractivity contribution in [3.05, 3.63) is 65.2 Å². The minimum absolute atomic E-state index is 0.0276. The molecule has 4 rings (SSSR count). The Morgan fingerprint density at radius 3 is 2.32 bits per heavy atom. The summed E-state index contributed by atoms with van der Waals surface area (Å²) in [5.74, 6) is 1.55. The van der Waals surface area contributed by atoms with E-state index in [0.717, 1.165) is 24.7 Å². The highest BCUT2D eigenvalue weighted by molar-refractivity contribution is 5.94. The molecule has 0 bridgehead atoms. The molecule has 1 unspecified atom stereocenters. The molecule has 0 aromatic heterocycles. The lowest BCUT2D eigenvalue weighted by Crippen LogP contribution is -2.28. The average Bonchev–Trinajstić information content (AvgIpc) is 3.65. The maximum atomic E-state index is 12.4. The summed E-state index contributed by atoms with van der Waals surface area (Å²) in [6.07, 6.45) is 8.77. The molecule has 4 nitrogen and oxygen atoms in total. The number of hydrogen-bond acceptors (Lipinski definition) is 3. The first kappa shape index (κ1) is 21.9. The van der Waals surface area contributed by atoms with Gasteiger partial charge in [-0.1, -0.05) is 37.1 Å². The van der Waals surface area contributed by atoms with E-state index in [1.165, 1.54) is 62.7 Å². The number of ether oxygens (including phenoxy) is 1. The van der Waals surface area contributed by atoms with Gasteiger partial charge in [0.2, 0.25) is 0 Å². The molecule has 2 aromatic carbocycles. The molecule has 4 heteroatoms. The standard InChI is InChI=1S/C27H36N2O2/c1-21(29-18-4-2-3-5-19-29)24-10-8-22(9-11-24)16-17-28-27(30)25-12-14-26(15-13-25)31-20-23-6-7-23/h8-15,21,23H,2-7,16-20H2,1H3,(H,28,30). The molecule has 0 radical (unpaired) electrons. The van der Waals surface area contributed by atoms with Crippen LogP contribution in [0.2, 0.25) is 0 Å². The molecular formula is C27H36N2O2. The Morgan fingerprint density at radius 2 is 1.68 bits per heavy atom. The smallest absolute Gasteiger partial charge is 0.251 e. The number of carbonyl (C=O) groups excluding carboxylic acids is 1. The fraction of sp³-hybridized carbons (Fsp3) is 0.519. The van der Waals surface area contributed by atoms with Crippen LogP contribution in [0.3, 0.4) is 0 Å². The molecule has 1 heterocycles. The van der Waals surface area contributed by atoms with Crippen LogP contribution in [0.1, 0.15) is 73.0 Å². The van der Waals surface area contributed by atoms with E-state index in [1.807, 2.05) is 24.3 Å². The number of amides is 1. The number of hydrogen-bond donors (Lipinski definition) is 1. The topological polar surface area (TPSA) is 41.6 Å². The van der Waals surface area contributed by atoms with Gasteiger partial charge in [0, 0.05) is 18.2 Å². The third-order valence-corrected chi connectivity index (χ3v) is 6.65. The lowest BCUT2D eigenvalue weighted by Gasteiger charge is -2.28. The van der Waals surface area contributed by atoms with Gasteiger partial charge in [0.25, 0.3) is 5.91 Å².